The van der Waals surface area contributed by atoms with E-state index in [2.05, 4.69) is 40.5 Å². The topological polar surface area (TPSA) is 195 Å². The van der Waals surface area contributed by atoms with Gasteiger partial charge in [0.05, 0.1) is 63.4 Å². The molecule has 7 rings (SSSR count). The molecular weight excluding hydrogens is 946 g/mol. The van der Waals surface area contributed by atoms with Crippen LogP contribution in [0.25, 0.3) is 22.8 Å². The van der Waals surface area contributed by atoms with Gasteiger partial charge in [-0.2, -0.15) is 10.2 Å². The third kappa shape index (κ3) is 12.3. The Kier molecular flexibility index (Phi) is 15.6. The average Bonchev–Trinajstić information content (AvgIpc) is 3.68. The van der Waals surface area contributed by atoms with Gasteiger partial charge in [-0.1, -0.05) is 58.5 Å². The summed E-state index contributed by atoms with van der Waals surface area (Å²) in [5.41, 5.74) is -0.677. The van der Waals surface area contributed by atoms with Crippen LogP contribution in [0.3, 0.4) is 0 Å². The van der Waals surface area contributed by atoms with E-state index < -0.39 is 60.8 Å². The van der Waals surface area contributed by atoms with Crippen LogP contribution in [-0.2, 0) is 11.3 Å². The highest BCUT2D eigenvalue weighted by atomic mass is 35.5. The van der Waals surface area contributed by atoms with Gasteiger partial charge in [-0.25, -0.2) is 37.0 Å². The monoisotopic (exact) mass is 984 g/mol. The van der Waals surface area contributed by atoms with Crippen molar-refractivity contribution in [2.75, 3.05) is 69.3 Å². The van der Waals surface area contributed by atoms with E-state index in [0.29, 0.717) is 24.4 Å². The molecule has 4 N–H and O–H groups in total. The lowest BCUT2D eigenvalue weighted by atomic mass is 10.2. The highest BCUT2D eigenvalue weighted by molar-refractivity contribution is 6.34. The van der Waals surface area contributed by atoms with Crippen LogP contribution in [-0.4, -0.2) is 128 Å². The molecule has 63 heavy (non-hydrogen) atoms. The quantitative estimate of drug-likeness (QED) is 0.128. The summed E-state index contributed by atoms with van der Waals surface area (Å²) in [6, 6.07) is 7.33. The third-order valence-electron chi connectivity index (χ3n) is 9.16. The number of methoxy groups -OCH3 is 1. The van der Waals surface area contributed by atoms with Crippen LogP contribution >= 0.6 is 58.8 Å². The molecule has 342 valence electrons. The molecule has 2 fully saturated rings. The molecule has 26 heteroatoms. The number of carbonyl (C=O) groups excluding carboxylic acids is 1. The predicted octanol–water partition coefficient (Wildman–Crippen LogP) is 6.62. The lowest BCUT2D eigenvalue weighted by molar-refractivity contribution is -0.0285. The average molecular weight is 987 g/mol. The molecule has 0 saturated carbocycles. The van der Waals surface area contributed by atoms with Gasteiger partial charge in [0.2, 0.25) is 0 Å². The van der Waals surface area contributed by atoms with Crippen molar-refractivity contribution >= 4 is 76.5 Å². The van der Waals surface area contributed by atoms with Crippen molar-refractivity contribution in [1.29, 1.82) is 0 Å². The minimum absolute atomic E-state index is 0. The largest absolute Gasteiger partial charge is 0.497 e. The van der Waals surface area contributed by atoms with Gasteiger partial charge >= 0.3 is 6.09 Å². The normalized spacial score (nSPS) is 16.3. The van der Waals surface area contributed by atoms with Crippen LogP contribution in [0.5, 0.6) is 5.75 Å². The van der Waals surface area contributed by atoms with Gasteiger partial charge in [0.1, 0.15) is 43.4 Å². The summed E-state index contributed by atoms with van der Waals surface area (Å²) in [6.07, 6.45) is 1.94. The summed E-state index contributed by atoms with van der Waals surface area (Å²) in [6.45, 7) is 3.00. The lowest BCUT2D eigenvalue weighted by Gasteiger charge is -2.27. The van der Waals surface area contributed by atoms with Gasteiger partial charge in [0, 0.05) is 26.2 Å². The van der Waals surface area contributed by atoms with Gasteiger partial charge in [-0.05, 0) is 38.5 Å². The molecule has 6 heterocycles. The molecular formula is C37H41Cl5F4N12O5. The number of hydrogen-bond donors (Lipinski definition) is 4. The molecule has 0 radical (unpaired) electrons. The number of H-pyrrole nitrogens is 3. The number of amides is 1. The second kappa shape index (κ2) is 19.9. The fourth-order valence-corrected chi connectivity index (χ4v) is 7.15. The minimum atomic E-state index is -3.33. The Bertz CT molecular complexity index is 2520. The van der Waals surface area contributed by atoms with Crippen LogP contribution in [0, 0.1) is 0 Å². The Hall–Kier alpha value is -4.80. The molecule has 0 unspecified atom stereocenters. The zero-order valence-electron chi connectivity index (χ0n) is 33.9. The second-order valence-electron chi connectivity index (χ2n) is 15.2. The van der Waals surface area contributed by atoms with Crippen molar-refractivity contribution in [2.45, 2.75) is 44.8 Å². The fraction of sp³-hybridized carbons (Fsp3) is 0.432. The standard InChI is InChI=1S/C25H28Cl2F2N6O4.C12H12Cl2F2N6O.ClH/c1-24(2,3)39-23(37)34-10-9-33(13-25(28,29)14-34)21-18(26)22(36)32-20(31-21)17-11-30-35(19(17)27)12-15-5-7-16(38-4)8-6-15;13-7-10(22-2-1-17-4-12(15,16)5-22)19-9(20-11(7)23)6-3-18-21-8(6)14;/h5-8,11H,9-10,12-14H2,1-4H3,(H,31,32,36);3,17H,1-2,4-5H2,(H,18,21)(H,19,20,23);1H. The van der Waals surface area contributed by atoms with E-state index in [1.165, 1.54) is 26.9 Å². The van der Waals surface area contributed by atoms with Crippen molar-refractivity contribution in [3.05, 3.63) is 83.3 Å². The van der Waals surface area contributed by atoms with E-state index in [0.717, 1.165) is 10.5 Å². The van der Waals surface area contributed by atoms with E-state index in [1.807, 2.05) is 12.1 Å². The molecule has 2 aliphatic heterocycles. The zero-order chi connectivity index (χ0) is 45.1. The summed E-state index contributed by atoms with van der Waals surface area (Å²) in [7, 11) is 1.57. The number of carbonyl (C=O) groups is 1. The number of hydrogen-bond acceptors (Lipinski definition) is 12. The molecule has 2 saturated heterocycles. The van der Waals surface area contributed by atoms with Crippen molar-refractivity contribution in [1.82, 2.24) is 50.1 Å². The number of nitrogens with one attached hydrogen (secondary N) is 4. The van der Waals surface area contributed by atoms with Gasteiger partial charge in [0.15, 0.2) is 11.6 Å². The zero-order valence-corrected chi connectivity index (χ0v) is 37.7. The number of ether oxygens (including phenoxy) is 2. The maximum Gasteiger partial charge on any atom is 0.410 e. The summed E-state index contributed by atoms with van der Waals surface area (Å²) in [5, 5.41) is 12.9. The SMILES string of the molecule is COc1ccc(Cn2ncc(-c3nc(N4CCN(C(=O)OC(C)(C)C)CC(F)(F)C4)c(Cl)c(=O)[nH]3)c2Cl)cc1.Cl.O=c1[nH]c(-c2cn[nH]c2Cl)nc(N2CCNCC(F)(F)C2)c1Cl. The van der Waals surface area contributed by atoms with Crippen LogP contribution in [0.4, 0.5) is 34.0 Å². The minimum Gasteiger partial charge on any atom is -0.497 e. The smallest absolute Gasteiger partial charge is 0.410 e. The first-order chi connectivity index (χ1) is 29.1. The Morgan fingerprint density at radius 1 is 0.825 bits per heavy atom. The summed E-state index contributed by atoms with van der Waals surface area (Å²) >= 11 is 24.7. The van der Waals surface area contributed by atoms with Crippen molar-refractivity contribution in [3.63, 3.8) is 0 Å². The van der Waals surface area contributed by atoms with Crippen LogP contribution < -0.4 is 31.0 Å². The molecule has 1 aromatic carbocycles. The van der Waals surface area contributed by atoms with Crippen molar-refractivity contribution in [3.8, 4) is 28.5 Å². The number of alkyl halides is 4. The summed E-state index contributed by atoms with van der Waals surface area (Å²) < 4.78 is 69.3. The molecule has 5 aromatic rings. The number of halogens is 9. The Morgan fingerprint density at radius 2 is 1.41 bits per heavy atom. The first-order valence-electron chi connectivity index (χ1n) is 18.7. The highest BCUT2D eigenvalue weighted by Crippen LogP contribution is 2.32. The fourth-order valence-electron chi connectivity index (χ4n) is 6.30. The number of rotatable bonds is 7. The van der Waals surface area contributed by atoms with Crippen LogP contribution in [0.2, 0.25) is 20.4 Å². The molecule has 2 aliphatic rings. The highest BCUT2D eigenvalue weighted by Gasteiger charge is 2.41. The first-order valence-corrected chi connectivity index (χ1v) is 20.2. The van der Waals surface area contributed by atoms with E-state index in [1.54, 1.807) is 40.0 Å². The van der Waals surface area contributed by atoms with Crippen molar-refractivity contribution < 1.29 is 31.8 Å². The van der Waals surface area contributed by atoms with Crippen molar-refractivity contribution in [2.24, 2.45) is 0 Å². The maximum atomic E-state index is 14.9. The number of nitrogens with zero attached hydrogens (tertiary/aromatic N) is 8. The summed E-state index contributed by atoms with van der Waals surface area (Å²) in [5.74, 6) is -5.63. The predicted molar refractivity (Wildman–Crippen MR) is 233 cm³/mol. The first kappa shape index (κ1) is 49.2. The van der Waals surface area contributed by atoms with E-state index >= 15 is 0 Å². The van der Waals surface area contributed by atoms with E-state index in [4.69, 9.17) is 55.9 Å². The number of anilines is 2. The number of aromatic amines is 3. The Labute approximate surface area is 382 Å². The summed E-state index contributed by atoms with van der Waals surface area (Å²) in [4.78, 5) is 54.2. The lowest BCUT2D eigenvalue weighted by Crippen LogP contribution is -2.44. The number of aromatic nitrogens is 8. The van der Waals surface area contributed by atoms with Gasteiger partial charge in [0.25, 0.3) is 23.0 Å². The Balaban J connectivity index is 0.000000265. The van der Waals surface area contributed by atoms with Gasteiger partial charge in [-0.15, -0.1) is 12.4 Å². The number of benzene rings is 1. The molecule has 0 bridgehead atoms. The van der Waals surface area contributed by atoms with E-state index in [9.17, 15) is 31.9 Å². The van der Waals surface area contributed by atoms with Crippen LogP contribution in [0.1, 0.15) is 26.3 Å². The Morgan fingerprint density at radius 3 is 1.98 bits per heavy atom. The second-order valence-corrected chi connectivity index (χ2v) is 16.7. The maximum absolute atomic E-state index is 14.9. The molecule has 17 nitrogen and oxygen atoms in total. The molecule has 0 aliphatic carbocycles. The molecule has 0 spiro atoms. The van der Waals surface area contributed by atoms with Gasteiger partial charge in [-0.3, -0.25) is 14.7 Å². The molecule has 4 aromatic heterocycles. The molecule has 1 amide bonds. The third-order valence-corrected chi connectivity index (χ3v) is 10.5. The molecule has 0 atom stereocenters. The van der Waals surface area contributed by atoms with E-state index in [-0.39, 0.29) is 81.2 Å². The van der Waals surface area contributed by atoms with Crippen LogP contribution in [0.15, 0.2) is 46.2 Å². The van der Waals surface area contributed by atoms with Gasteiger partial charge < -0.3 is 39.5 Å².